The molecule has 0 rings (SSSR count). The van der Waals surface area contributed by atoms with Crippen LogP contribution in [0.5, 0.6) is 0 Å². The molecule has 0 aliphatic rings. The highest BCUT2D eigenvalue weighted by molar-refractivity contribution is 5.66. The fourth-order valence-electron chi connectivity index (χ4n) is 1.71. The van der Waals surface area contributed by atoms with Gasteiger partial charge in [-0.15, -0.1) is 0 Å². The van der Waals surface area contributed by atoms with Crippen molar-refractivity contribution in [3.8, 4) is 0 Å². The lowest BCUT2D eigenvalue weighted by Crippen LogP contribution is -2.06. The zero-order chi connectivity index (χ0) is 15.1. The summed E-state index contributed by atoms with van der Waals surface area (Å²) < 4.78 is 9.39. The molecule has 0 radical (unpaired) electrons. The molecule has 20 heavy (non-hydrogen) atoms. The molecule has 0 aromatic carbocycles. The van der Waals surface area contributed by atoms with Gasteiger partial charge in [-0.25, -0.2) is 4.79 Å². The lowest BCUT2D eigenvalue weighted by atomic mass is 10.1. The summed E-state index contributed by atoms with van der Waals surface area (Å²) in [5.41, 5.74) is 0. The Morgan fingerprint density at radius 1 is 0.950 bits per heavy atom. The van der Waals surface area contributed by atoms with Crippen LogP contribution in [-0.2, 0) is 14.3 Å². The van der Waals surface area contributed by atoms with Crippen molar-refractivity contribution < 1.29 is 24.2 Å². The second kappa shape index (κ2) is 13.9. The van der Waals surface area contributed by atoms with Crippen molar-refractivity contribution in [1.82, 2.24) is 0 Å². The third-order valence-corrected chi connectivity index (χ3v) is 2.74. The first-order valence-corrected chi connectivity index (χ1v) is 7.33. The number of carbonyl (C=O) groups is 2. The molecule has 116 valence electrons. The van der Waals surface area contributed by atoms with Crippen molar-refractivity contribution >= 4 is 12.1 Å². The summed E-state index contributed by atoms with van der Waals surface area (Å²) >= 11 is 0. The van der Waals surface area contributed by atoms with Crippen LogP contribution >= 0.6 is 0 Å². The number of allylic oxidation sites excluding steroid dienone is 1. The summed E-state index contributed by atoms with van der Waals surface area (Å²) in [5, 5.41) is 8.47. The second-order valence-corrected chi connectivity index (χ2v) is 4.52. The Kier molecular flexibility index (Phi) is 12.8. The molecule has 0 heterocycles. The van der Waals surface area contributed by atoms with Crippen molar-refractivity contribution in [1.29, 1.82) is 0 Å². The number of hydrogen-bond donors (Lipinski definition) is 1. The van der Waals surface area contributed by atoms with Gasteiger partial charge in [-0.3, -0.25) is 4.79 Å². The molecule has 0 saturated carbocycles. The topological polar surface area (TPSA) is 72.8 Å². The van der Waals surface area contributed by atoms with Gasteiger partial charge in [0.1, 0.15) is 6.61 Å². The maximum Gasteiger partial charge on any atom is 0.508 e. The molecule has 1 N–H and O–H groups in total. The van der Waals surface area contributed by atoms with E-state index in [2.05, 4.69) is 4.74 Å². The van der Waals surface area contributed by atoms with Gasteiger partial charge in [-0.05, 0) is 26.2 Å². The predicted octanol–water partition coefficient (Wildman–Crippen LogP) is 3.92. The van der Waals surface area contributed by atoms with Crippen LogP contribution in [-0.4, -0.2) is 30.4 Å². The van der Waals surface area contributed by atoms with Gasteiger partial charge in [0.15, 0.2) is 0 Å². The Balaban J connectivity index is 3.19. The van der Waals surface area contributed by atoms with Crippen molar-refractivity contribution in [2.45, 2.75) is 58.3 Å². The first-order valence-electron chi connectivity index (χ1n) is 7.33. The number of carboxylic acids is 1. The Morgan fingerprint density at radius 2 is 1.60 bits per heavy atom. The Bertz CT molecular complexity index is 286. The Morgan fingerprint density at radius 3 is 2.25 bits per heavy atom. The van der Waals surface area contributed by atoms with E-state index in [0.717, 1.165) is 44.9 Å². The highest BCUT2D eigenvalue weighted by atomic mass is 16.7. The zero-order valence-electron chi connectivity index (χ0n) is 12.3. The van der Waals surface area contributed by atoms with Gasteiger partial charge in [-0.2, -0.15) is 0 Å². The molecular formula is C15H26O5. The number of rotatable bonds is 12. The number of carbonyl (C=O) groups excluding carboxylic acids is 1. The van der Waals surface area contributed by atoms with Gasteiger partial charge >= 0.3 is 12.1 Å². The summed E-state index contributed by atoms with van der Waals surface area (Å²) in [7, 11) is 0. The molecule has 0 aromatic rings. The van der Waals surface area contributed by atoms with Gasteiger partial charge in [-0.1, -0.05) is 37.8 Å². The third kappa shape index (κ3) is 14.5. The number of hydrogen-bond acceptors (Lipinski definition) is 4. The molecule has 0 bridgehead atoms. The average molecular weight is 286 g/mol. The minimum atomic E-state index is -0.708. The van der Waals surface area contributed by atoms with Gasteiger partial charge < -0.3 is 14.6 Å². The van der Waals surface area contributed by atoms with Crippen LogP contribution in [0, 0.1) is 0 Å². The summed E-state index contributed by atoms with van der Waals surface area (Å²) in [6.45, 7) is 2.32. The van der Waals surface area contributed by atoms with Crippen molar-refractivity contribution in [3.05, 3.63) is 12.2 Å². The maximum absolute atomic E-state index is 10.8. The molecule has 5 heteroatoms. The quantitative estimate of drug-likeness (QED) is 0.334. The van der Waals surface area contributed by atoms with Crippen LogP contribution < -0.4 is 0 Å². The fourth-order valence-corrected chi connectivity index (χ4v) is 1.71. The van der Waals surface area contributed by atoms with Crippen LogP contribution in [0.15, 0.2) is 12.2 Å². The van der Waals surface area contributed by atoms with E-state index < -0.39 is 12.1 Å². The van der Waals surface area contributed by atoms with E-state index in [1.54, 1.807) is 6.92 Å². The molecule has 0 unspecified atom stereocenters. The highest BCUT2D eigenvalue weighted by Crippen LogP contribution is 2.08. The van der Waals surface area contributed by atoms with Gasteiger partial charge in [0, 0.05) is 6.42 Å². The van der Waals surface area contributed by atoms with Crippen LogP contribution in [0.4, 0.5) is 4.79 Å². The summed E-state index contributed by atoms with van der Waals surface area (Å²) in [6, 6.07) is 0. The van der Waals surface area contributed by atoms with Crippen LogP contribution in [0.3, 0.4) is 0 Å². The minimum absolute atomic E-state index is 0.258. The molecule has 0 spiro atoms. The van der Waals surface area contributed by atoms with Crippen molar-refractivity contribution in [3.63, 3.8) is 0 Å². The normalized spacial score (nSPS) is 10.7. The van der Waals surface area contributed by atoms with E-state index in [1.165, 1.54) is 0 Å². The molecule has 0 aliphatic heterocycles. The first kappa shape index (κ1) is 18.5. The van der Waals surface area contributed by atoms with Crippen molar-refractivity contribution in [2.75, 3.05) is 13.2 Å². The molecule has 0 aliphatic carbocycles. The molecule has 0 aromatic heterocycles. The first-order chi connectivity index (χ1) is 9.66. The van der Waals surface area contributed by atoms with E-state index in [4.69, 9.17) is 9.84 Å². The Hall–Kier alpha value is -1.52. The van der Waals surface area contributed by atoms with Crippen LogP contribution in [0.25, 0.3) is 0 Å². The second-order valence-electron chi connectivity index (χ2n) is 4.52. The summed E-state index contributed by atoms with van der Waals surface area (Å²) in [5.74, 6) is -0.708. The van der Waals surface area contributed by atoms with Crippen LogP contribution in [0.2, 0.25) is 0 Å². The van der Waals surface area contributed by atoms with Crippen molar-refractivity contribution in [2.24, 2.45) is 0 Å². The highest BCUT2D eigenvalue weighted by Gasteiger charge is 1.98. The standard InChI is InChI=1S/C15H26O5/c1-2-19-15(18)20-13-11-9-7-5-3-4-6-8-10-12-14(16)17/h9,11H,2-8,10,12-13H2,1H3,(H,16,17)/b11-9+. The van der Waals surface area contributed by atoms with E-state index in [1.807, 2.05) is 12.2 Å². The Labute approximate surface area is 121 Å². The number of aliphatic carboxylic acids is 1. The smallest absolute Gasteiger partial charge is 0.481 e. The minimum Gasteiger partial charge on any atom is -0.481 e. The molecule has 5 nitrogen and oxygen atoms in total. The number of ether oxygens (including phenoxy) is 2. The lowest BCUT2D eigenvalue weighted by molar-refractivity contribution is -0.137. The van der Waals surface area contributed by atoms with E-state index in [9.17, 15) is 9.59 Å². The number of unbranched alkanes of at least 4 members (excludes halogenated alkanes) is 6. The summed E-state index contributed by atoms with van der Waals surface area (Å²) in [6.07, 6.45) is 10.7. The lowest BCUT2D eigenvalue weighted by Gasteiger charge is -2.01. The van der Waals surface area contributed by atoms with Gasteiger partial charge in [0.25, 0.3) is 0 Å². The van der Waals surface area contributed by atoms with Gasteiger partial charge in [0.05, 0.1) is 6.61 Å². The zero-order valence-corrected chi connectivity index (χ0v) is 12.3. The average Bonchev–Trinajstić information content (AvgIpc) is 2.40. The van der Waals surface area contributed by atoms with E-state index in [0.29, 0.717) is 6.61 Å². The monoisotopic (exact) mass is 286 g/mol. The van der Waals surface area contributed by atoms with Gasteiger partial charge in [0.2, 0.25) is 0 Å². The summed E-state index contributed by atoms with van der Waals surface area (Å²) in [4.78, 5) is 21.1. The molecule has 0 saturated heterocycles. The molecule has 0 fully saturated rings. The molecule has 0 atom stereocenters. The fraction of sp³-hybridized carbons (Fsp3) is 0.733. The largest absolute Gasteiger partial charge is 0.508 e. The number of carboxylic acid groups (broad SMARTS) is 1. The van der Waals surface area contributed by atoms with E-state index >= 15 is 0 Å². The predicted molar refractivity (Wildman–Crippen MR) is 76.7 cm³/mol. The van der Waals surface area contributed by atoms with E-state index in [-0.39, 0.29) is 13.0 Å². The third-order valence-electron chi connectivity index (χ3n) is 2.74. The molecular weight excluding hydrogens is 260 g/mol. The maximum atomic E-state index is 10.8. The van der Waals surface area contributed by atoms with Crippen LogP contribution in [0.1, 0.15) is 58.3 Å². The molecule has 0 amide bonds. The SMILES string of the molecule is CCOC(=O)OC/C=C/CCCCCCCCC(=O)O.